The maximum atomic E-state index is 13.4. The van der Waals surface area contributed by atoms with E-state index in [1.165, 1.54) is 38.5 Å². The number of aryl methyl sites for hydroxylation is 2. The van der Waals surface area contributed by atoms with Crippen LogP contribution in [-0.4, -0.2) is 106 Å². The summed E-state index contributed by atoms with van der Waals surface area (Å²) in [6.45, 7) is 3.52. The van der Waals surface area contributed by atoms with Crippen LogP contribution in [0.25, 0.3) is 21.5 Å². The van der Waals surface area contributed by atoms with Gasteiger partial charge in [0.25, 0.3) is 26.1 Å². The largest absolute Gasteiger partial charge is 2.00 e. The van der Waals surface area contributed by atoms with E-state index in [0.717, 1.165) is 0 Å². The van der Waals surface area contributed by atoms with Gasteiger partial charge in [-0.2, -0.15) is 21.9 Å². The fourth-order valence-electron chi connectivity index (χ4n) is 7.64. The number of azo groups is 2. The number of fused-ring (bicyclic) bond motifs is 2. The Morgan fingerprint density at radius 1 is 0.613 bits per heavy atom. The minimum Gasteiger partial charge on any atom is -0.871 e. The van der Waals surface area contributed by atoms with Crippen LogP contribution < -0.4 is 25.0 Å². The van der Waals surface area contributed by atoms with Crippen LogP contribution in [0, 0.1) is 0 Å². The molecule has 0 aliphatic rings. The van der Waals surface area contributed by atoms with Gasteiger partial charge in [0.15, 0.2) is 5.75 Å². The first kappa shape index (κ1) is 57.9. The molecule has 0 unspecified atom stereocenters. The standard InChI is InChI=1S/2C26H22ClN3O6S.Ba/c2*1-3-15-12-13-19(27)25(37(33,34)35)22(15)29-30-23-17-9-5-4-8-16(17)14-18(24(23)31)26(32)28-20-10-6-7-11-21(20)36-2;/h2*4-14,31H,3H2,1-2H3,(H,28,32)(H,33,34,35);/q;;+2/p-2. The van der Waals surface area contributed by atoms with Gasteiger partial charge in [0, 0.05) is 10.8 Å². The van der Waals surface area contributed by atoms with E-state index in [0.29, 0.717) is 62.7 Å². The van der Waals surface area contributed by atoms with Gasteiger partial charge in [-0.1, -0.05) is 128 Å². The van der Waals surface area contributed by atoms with Crippen molar-refractivity contribution in [2.45, 2.75) is 36.5 Å². The van der Waals surface area contributed by atoms with Crippen LogP contribution in [0.5, 0.6) is 23.0 Å². The van der Waals surface area contributed by atoms with Gasteiger partial charge < -0.3 is 30.1 Å². The van der Waals surface area contributed by atoms with Crippen molar-refractivity contribution in [2.75, 3.05) is 19.5 Å². The van der Waals surface area contributed by atoms with Gasteiger partial charge >= 0.3 is 48.9 Å². The minimum atomic E-state index is -4.76. The Balaban J connectivity index is 0.000000241. The molecule has 8 rings (SSSR count). The second-order valence-corrected chi connectivity index (χ2v) is 19.3. The number of amides is 1. The van der Waals surface area contributed by atoms with Crippen molar-refractivity contribution in [2.24, 2.45) is 25.4 Å². The van der Waals surface area contributed by atoms with Gasteiger partial charge in [-0.15, -0.1) is 15.3 Å². The number of carbonyl (C=O) groups is 1. The van der Waals surface area contributed by atoms with E-state index in [1.54, 1.807) is 123 Å². The Bertz CT molecular complexity index is 3830. The summed E-state index contributed by atoms with van der Waals surface area (Å²) in [5.74, 6) is -1.87. The number of ether oxygens (including phenoxy) is 2. The number of anilines is 1. The van der Waals surface area contributed by atoms with E-state index in [2.05, 4.69) is 30.8 Å². The monoisotopic (exact) mass is 1210 g/mol. The molecule has 8 aromatic rings. The molecule has 0 fully saturated rings. The number of benzene rings is 8. The predicted molar refractivity (Wildman–Crippen MR) is 285 cm³/mol. The molecule has 0 spiro atoms. The van der Waals surface area contributed by atoms with Crippen molar-refractivity contribution in [1.82, 2.24) is 0 Å². The zero-order valence-corrected chi connectivity index (χ0v) is 47.7. The molecule has 0 aliphatic carbocycles. The first-order valence-corrected chi connectivity index (χ1v) is 25.7. The number of hydrogen-bond acceptors (Lipinski definition) is 15. The summed E-state index contributed by atoms with van der Waals surface area (Å²) >= 11 is 12.1. The second kappa shape index (κ2) is 25.0. The Kier molecular flexibility index (Phi) is 19.3. The maximum absolute atomic E-state index is 13.4. The first-order valence-electron chi connectivity index (χ1n) is 22.0. The quantitative estimate of drug-likeness (QED) is 0.0260. The first-order chi connectivity index (χ1) is 35.3. The Morgan fingerprint density at radius 3 is 1.57 bits per heavy atom. The van der Waals surface area contributed by atoms with E-state index in [1.807, 2.05) is 0 Å². The van der Waals surface area contributed by atoms with E-state index in [4.69, 9.17) is 32.7 Å². The summed E-state index contributed by atoms with van der Waals surface area (Å²) in [5, 5.41) is 58.2. The Labute approximate surface area is 481 Å². The zero-order valence-electron chi connectivity index (χ0n) is 40.1. The summed E-state index contributed by atoms with van der Waals surface area (Å²) in [5.41, 5.74) is 0.564. The van der Waals surface area contributed by atoms with Gasteiger partial charge in [0.2, 0.25) is 0 Å². The topological polar surface area (TPSA) is 284 Å². The summed E-state index contributed by atoms with van der Waals surface area (Å²) in [7, 11) is -6.59. The minimum absolute atomic E-state index is 0. The van der Waals surface area contributed by atoms with Gasteiger partial charge in [-0.05, 0) is 94.7 Å². The third-order valence-electron chi connectivity index (χ3n) is 11.2. The summed E-state index contributed by atoms with van der Waals surface area (Å²) in [4.78, 5) is 16.0. The van der Waals surface area contributed by atoms with Crippen LogP contribution in [0.2, 0.25) is 10.0 Å². The van der Waals surface area contributed by atoms with Crippen LogP contribution >= 0.6 is 23.2 Å². The molecule has 0 heterocycles. The maximum Gasteiger partial charge on any atom is 2.00 e. The number of para-hydroxylation sites is 4. The normalized spacial score (nSPS) is 11.9. The number of aromatic hydroxyl groups is 1. The fourth-order valence-corrected chi connectivity index (χ4v) is 10.00. The molecule has 75 heavy (non-hydrogen) atoms. The number of phenolic OH excluding ortho intramolecular Hbond substituents is 1. The second-order valence-electron chi connectivity index (χ2n) is 15.7. The molecule has 0 bridgehead atoms. The molecular weight excluding hydrogens is 1170 g/mol. The van der Waals surface area contributed by atoms with E-state index in [9.17, 15) is 46.1 Å². The van der Waals surface area contributed by atoms with Crippen LogP contribution in [0.4, 0.5) is 34.1 Å². The van der Waals surface area contributed by atoms with E-state index < -0.39 is 53.3 Å². The van der Waals surface area contributed by atoms with Crippen LogP contribution in [0.15, 0.2) is 169 Å². The van der Waals surface area contributed by atoms with Gasteiger partial charge in [0.1, 0.15) is 44.0 Å². The molecule has 4 N–H and O–H groups in total. The van der Waals surface area contributed by atoms with E-state index >= 15 is 0 Å². The molecule has 0 saturated heterocycles. The number of carbonyl (C=O) groups excluding carboxylic acids is 1. The van der Waals surface area contributed by atoms with Crippen molar-refractivity contribution >= 4 is 160 Å². The number of nitrogens with zero attached hydrogens (tertiary/aromatic N) is 5. The average molecular weight is 1220 g/mol. The molecule has 380 valence electrons. The molecule has 0 atom stereocenters. The SMILES string of the molecule is CCc1ccc(Cl)c(S(=O)(=O)O)c1N=Nc1c(O)c(C(=O)Nc2ccccc2OC)cc2ccccc12.CCc1ccc(Cl)c(S(=O)(=O)O)c1N=Nc1c([O-])c(C([O-])=Nc2ccccc2OC)cc2ccccc12.[Ba+2]. The number of hydrogen-bond donors (Lipinski definition) is 4. The van der Waals surface area contributed by atoms with Crippen LogP contribution in [0.1, 0.15) is 40.9 Å². The van der Waals surface area contributed by atoms with Crippen molar-refractivity contribution in [3.63, 3.8) is 0 Å². The van der Waals surface area contributed by atoms with Crippen molar-refractivity contribution in [1.29, 1.82) is 0 Å². The number of rotatable bonds is 14. The van der Waals surface area contributed by atoms with E-state index in [-0.39, 0.29) is 98.5 Å². The summed E-state index contributed by atoms with van der Waals surface area (Å²) < 4.78 is 78.2. The Morgan fingerprint density at radius 2 is 1.05 bits per heavy atom. The number of nitrogens with one attached hydrogen (secondary N) is 1. The smallest absolute Gasteiger partial charge is 0.871 e. The molecule has 0 saturated carbocycles. The number of halogens is 2. The zero-order chi connectivity index (χ0) is 53.5. The third-order valence-corrected chi connectivity index (χ3v) is 13.9. The average Bonchev–Trinajstić information content (AvgIpc) is 3.37. The summed E-state index contributed by atoms with van der Waals surface area (Å²) in [6, 6.07) is 35.7. The molecule has 23 heteroatoms. The van der Waals surface area contributed by atoms with Gasteiger partial charge in [0.05, 0.1) is 41.2 Å². The molecule has 0 aromatic heterocycles. The molecule has 0 radical (unpaired) electrons. The summed E-state index contributed by atoms with van der Waals surface area (Å²) in [6.07, 6.45) is 0.706. The molecule has 0 aliphatic heterocycles. The van der Waals surface area contributed by atoms with Crippen molar-refractivity contribution < 1.29 is 55.5 Å². The number of aliphatic imine (C=N–C) groups is 1. The number of phenols is 1. The third kappa shape index (κ3) is 13.0. The fraction of sp³-hybridized carbons (Fsp3) is 0.115. The molecule has 1 amide bonds. The molecule has 8 aromatic carbocycles. The van der Waals surface area contributed by atoms with Crippen molar-refractivity contribution in [3.05, 3.63) is 166 Å². The molecular formula is C52H42BaCl2N6O12S2. The van der Waals surface area contributed by atoms with Crippen molar-refractivity contribution in [3.8, 4) is 23.0 Å². The van der Waals surface area contributed by atoms with Gasteiger partial charge in [-0.25, -0.2) is 0 Å². The van der Waals surface area contributed by atoms with Gasteiger partial charge in [-0.3, -0.25) is 18.9 Å². The van der Waals surface area contributed by atoms with Crippen LogP contribution in [0.3, 0.4) is 0 Å². The Hall–Kier alpha value is -6.41. The van der Waals surface area contributed by atoms with Crippen LogP contribution in [-0.2, 0) is 33.1 Å². The predicted octanol–water partition coefficient (Wildman–Crippen LogP) is 11.5. The number of methoxy groups -OCH3 is 2. The molecule has 18 nitrogen and oxygen atoms in total.